The fraction of sp³-hybridized carbons (Fsp3) is 0.0833. The number of allylic oxidation sites excluding steroid dienone is 4. The van der Waals surface area contributed by atoms with Crippen molar-refractivity contribution in [2.75, 3.05) is 0 Å². The monoisotopic (exact) mass is 308 g/mol. The van der Waals surface area contributed by atoms with E-state index in [0.717, 1.165) is 6.42 Å². The number of hydrogen-bond donors (Lipinski definition) is 0. The Morgan fingerprint density at radius 3 is 1.29 bits per heavy atom. The van der Waals surface area contributed by atoms with Gasteiger partial charge in [0.2, 0.25) is 0 Å². The Morgan fingerprint density at radius 2 is 0.958 bits per heavy atom. The average molecular weight is 308 g/mol. The highest BCUT2D eigenvalue weighted by atomic mass is 14.4. The van der Waals surface area contributed by atoms with Gasteiger partial charge in [-0.25, -0.2) is 0 Å². The molecule has 0 heterocycles. The lowest BCUT2D eigenvalue weighted by Crippen LogP contribution is -2.31. The van der Waals surface area contributed by atoms with Gasteiger partial charge in [-0.1, -0.05) is 109 Å². The van der Waals surface area contributed by atoms with Crippen molar-refractivity contribution in [1.82, 2.24) is 0 Å². The molecular weight excluding hydrogens is 288 g/mol. The van der Waals surface area contributed by atoms with Crippen molar-refractivity contribution in [3.8, 4) is 0 Å². The predicted octanol–water partition coefficient (Wildman–Crippen LogP) is 5.91. The van der Waals surface area contributed by atoms with E-state index in [1.807, 2.05) is 0 Å². The molecule has 1 aliphatic carbocycles. The smallest absolute Gasteiger partial charge is 0.0667 e. The van der Waals surface area contributed by atoms with Crippen LogP contribution in [0, 0.1) is 0 Å². The topological polar surface area (TPSA) is 0 Å². The van der Waals surface area contributed by atoms with Crippen molar-refractivity contribution in [1.29, 1.82) is 0 Å². The maximum Gasteiger partial charge on any atom is 0.0667 e. The van der Waals surface area contributed by atoms with Crippen LogP contribution in [-0.2, 0) is 5.41 Å². The van der Waals surface area contributed by atoms with Crippen LogP contribution in [0.2, 0.25) is 0 Å². The molecule has 116 valence electrons. The van der Waals surface area contributed by atoms with Gasteiger partial charge in [0, 0.05) is 0 Å². The lowest BCUT2D eigenvalue weighted by atomic mass is 9.64. The van der Waals surface area contributed by atoms with Crippen molar-refractivity contribution in [2.45, 2.75) is 11.8 Å². The summed E-state index contributed by atoms with van der Waals surface area (Å²) in [4.78, 5) is 0. The summed E-state index contributed by atoms with van der Waals surface area (Å²) in [6.45, 7) is 0. The van der Waals surface area contributed by atoms with Crippen molar-refractivity contribution in [2.24, 2.45) is 0 Å². The standard InChI is InChI=1S/C24H20/c1-4-12-20(13-5-1)24(23-18-10-11-19-23,21-14-6-2-7-15-21)22-16-8-3-9-17-22/h1-18H,19H2. The summed E-state index contributed by atoms with van der Waals surface area (Å²) < 4.78 is 0. The molecule has 0 atom stereocenters. The van der Waals surface area contributed by atoms with Gasteiger partial charge in [0.15, 0.2) is 0 Å². The van der Waals surface area contributed by atoms with Crippen molar-refractivity contribution >= 4 is 0 Å². The molecule has 3 aromatic rings. The first kappa shape index (κ1) is 14.7. The van der Waals surface area contributed by atoms with E-state index < -0.39 is 0 Å². The van der Waals surface area contributed by atoms with Gasteiger partial charge in [-0.2, -0.15) is 0 Å². The summed E-state index contributed by atoms with van der Waals surface area (Å²) in [6.07, 6.45) is 7.70. The van der Waals surface area contributed by atoms with Crippen LogP contribution < -0.4 is 0 Å². The average Bonchev–Trinajstić information content (AvgIpc) is 3.20. The molecule has 0 aliphatic heterocycles. The summed E-state index contributed by atoms with van der Waals surface area (Å²) >= 11 is 0. The molecule has 4 rings (SSSR count). The predicted molar refractivity (Wildman–Crippen MR) is 101 cm³/mol. The fourth-order valence-electron chi connectivity index (χ4n) is 3.85. The van der Waals surface area contributed by atoms with E-state index in [9.17, 15) is 0 Å². The third-order valence-corrected chi connectivity index (χ3v) is 4.87. The van der Waals surface area contributed by atoms with Gasteiger partial charge in [-0.3, -0.25) is 0 Å². The highest BCUT2D eigenvalue weighted by molar-refractivity contribution is 5.60. The zero-order valence-corrected chi connectivity index (χ0v) is 13.6. The van der Waals surface area contributed by atoms with E-state index >= 15 is 0 Å². The highest BCUT2D eigenvalue weighted by Gasteiger charge is 2.39. The molecule has 0 saturated heterocycles. The molecule has 0 saturated carbocycles. The van der Waals surface area contributed by atoms with E-state index in [1.54, 1.807) is 0 Å². The lowest BCUT2D eigenvalue weighted by molar-refractivity contribution is 0.711. The quantitative estimate of drug-likeness (QED) is 0.526. The molecule has 0 heteroatoms. The number of benzene rings is 3. The normalized spacial score (nSPS) is 13.8. The minimum Gasteiger partial charge on any atom is -0.0804 e. The molecule has 3 aromatic carbocycles. The van der Waals surface area contributed by atoms with Crippen molar-refractivity contribution in [3.05, 3.63) is 131 Å². The second-order valence-electron chi connectivity index (χ2n) is 6.17. The Balaban J connectivity index is 2.07. The van der Waals surface area contributed by atoms with Crippen LogP contribution in [0.5, 0.6) is 0 Å². The van der Waals surface area contributed by atoms with Gasteiger partial charge in [-0.15, -0.1) is 0 Å². The number of rotatable bonds is 4. The summed E-state index contributed by atoms with van der Waals surface area (Å²) in [5.74, 6) is 0. The Morgan fingerprint density at radius 1 is 0.542 bits per heavy atom. The van der Waals surface area contributed by atoms with Crippen LogP contribution in [0.15, 0.2) is 115 Å². The van der Waals surface area contributed by atoms with Crippen LogP contribution in [0.25, 0.3) is 0 Å². The molecule has 0 N–H and O–H groups in total. The molecule has 24 heavy (non-hydrogen) atoms. The zero-order valence-electron chi connectivity index (χ0n) is 13.6. The molecule has 0 aromatic heterocycles. The minimum atomic E-state index is -0.243. The van der Waals surface area contributed by atoms with E-state index in [-0.39, 0.29) is 5.41 Å². The molecule has 0 unspecified atom stereocenters. The maximum absolute atomic E-state index is 2.28. The molecule has 0 bridgehead atoms. The number of hydrogen-bond acceptors (Lipinski definition) is 0. The van der Waals surface area contributed by atoms with E-state index in [4.69, 9.17) is 0 Å². The van der Waals surface area contributed by atoms with Gasteiger partial charge in [0.05, 0.1) is 5.41 Å². The third-order valence-electron chi connectivity index (χ3n) is 4.87. The van der Waals surface area contributed by atoms with Crippen molar-refractivity contribution < 1.29 is 0 Å². The maximum atomic E-state index is 2.28. The van der Waals surface area contributed by atoms with E-state index in [2.05, 4.69) is 109 Å². The Labute approximate surface area is 143 Å². The largest absolute Gasteiger partial charge is 0.0804 e. The van der Waals surface area contributed by atoms with Crippen LogP contribution in [0.4, 0.5) is 0 Å². The summed E-state index contributed by atoms with van der Waals surface area (Å²) in [5, 5.41) is 0. The first-order valence-corrected chi connectivity index (χ1v) is 8.45. The Hall–Kier alpha value is -2.86. The first-order valence-electron chi connectivity index (χ1n) is 8.45. The highest BCUT2D eigenvalue weighted by Crippen LogP contribution is 2.47. The molecule has 0 radical (unpaired) electrons. The van der Waals surface area contributed by atoms with Crippen LogP contribution >= 0.6 is 0 Å². The summed E-state index contributed by atoms with van der Waals surface area (Å²) in [7, 11) is 0. The lowest BCUT2D eigenvalue weighted by Gasteiger charge is -2.37. The van der Waals surface area contributed by atoms with E-state index in [1.165, 1.54) is 22.3 Å². The van der Waals surface area contributed by atoms with Crippen LogP contribution in [0.3, 0.4) is 0 Å². The van der Waals surface area contributed by atoms with Crippen LogP contribution in [0.1, 0.15) is 23.1 Å². The summed E-state index contributed by atoms with van der Waals surface area (Å²) in [6, 6.07) is 32.6. The van der Waals surface area contributed by atoms with Gasteiger partial charge in [-0.05, 0) is 28.7 Å². The molecule has 0 spiro atoms. The van der Waals surface area contributed by atoms with Gasteiger partial charge in [0.25, 0.3) is 0 Å². The first-order chi connectivity index (χ1) is 11.9. The molecule has 0 fully saturated rings. The van der Waals surface area contributed by atoms with Gasteiger partial charge in [0.1, 0.15) is 0 Å². The second kappa shape index (κ2) is 6.33. The Bertz CT molecular complexity index is 759. The molecule has 1 aliphatic rings. The third kappa shape index (κ3) is 2.32. The Kier molecular flexibility index (Phi) is 3.88. The fourth-order valence-corrected chi connectivity index (χ4v) is 3.85. The van der Waals surface area contributed by atoms with Gasteiger partial charge >= 0.3 is 0 Å². The van der Waals surface area contributed by atoms with E-state index in [0.29, 0.717) is 0 Å². The minimum absolute atomic E-state index is 0.243. The van der Waals surface area contributed by atoms with Crippen molar-refractivity contribution in [3.63, 3.8) is 0 Å². The zero-order chi connectivity index (χ0) is 16.2. The van der Waals surface area contributed by atoms with Gasteiger partial charge < -0.3 is 0 Å². The molecular formula is C24H20. The molecule has 0 nitrogen and oxygen atoms in total. The second-order valence-corrected chi connectivity index (χ2v) is 6.17. The summed E-state index contributed by atoms with van der Waals surface area (Å²) in [5.41, 5.74) is 5.13. The molecule has 0 amide bonds. The van der Waals surface area contributed by atoms with Crippen LogP contribution in [-0.4, -0.2) is 0 Å². The SMILES string of the molecule is C1=CCC(C(c2ccccc2)(c2ccccc2)c2ccccc2)=C1.